The third kappa shape index (κ3) is 3.59. The number of fused-ring (bicyclic) bond motifs is 1. The van der Waals surface area contributed by atoms with Crippen molar-refractivity contribution in [3.63, 3.8) is 0 Å². The summed E-state index contributed by atoms with van der Waals surface area (Å²) in [6, 6.07) is 9.87. The van der Waals surface area contributed by atoms with Crippen LogP contribution in [0.5, 0.6) is 5.88 Å². The maximum Gasteiger partial charge on any atom is 0.245 e. The van der Waals surface area contributed by atoms with Gasteiger partial charge in [0.05, 0.1) is 17.8 Å². The quantitative estimate of drug-likeness (QED) is 0.694. The Kier molecular flexibility index (Phi) is 4.84. The van der Waals surface area contributed by atoms with Crippen molar-refractivity contribution in [1.29, 1.82) is 0 Å². The third-order valence-electron chi connectivity index (χ3n) is 3.63. The van der Waals surface area contributed by atoms with E-state index in [0.717, 1.165) is 19.3 Å². The molecular weight excluding hydrogens is 307 g/mol. The van der Waals surface area contributed by atoms with Gasteiger partial charge in [0.15, 0.2) is 5.52 Å². The summed E-state index contributed by atoms with van der Waals surface area (Å²) >= 11 is 0. The number of hydrogen-bond donors (Lipinski definition) is 1. The minimum atomic E-state index is -0.306. The molecule has 0 radical (unpaired) electrons. The molecule has 124 valence electrons. The number of pyridine rings is 1. The summed E-state index contributed by atoms with van der Waals surface area (Å²) in [5, 5.41) is 0. The molecule has 0 unspecified atom stereocenters. The number of rotatable bonds is 6. The van der Waals surface area contributed by atoms with Crippen LogP contribution in [0.25, 0.3) is 22.3 Å². The first-order chi connectivity index (χ1) is 11.7. The Morgan fingerprint density at radius 3 is 2.75 bits per heavy atom. The molecule has 3 aromatic rings. The van der Waals surface area contributed by atoms with Gasteiger partial charge >= 0.3 is 0 Å². The fourth-order valence-electron chi connectivity index (χ4n) is 2.43. The van der Waals surface area contributed by atoms with Crippen molar-refractivity contribution in [3.8, 4) is 17.1 Å². The number of unbranched alkanes of at least 4 members (excludes halogenated alkanes) is 2. The van der Waals surface area contributed by atoms with Gasteiger partial charge in [0.2, 0.25) is 11.8 Å². The van der Waals surface area contributed by atoms with Crippen LogP contribution in [0, 0.1) is 5.82 Å². The molecule has 0 atom stereocenters. The molecule has 2 heterocycles. The average Bonchev–Trinajstić information content (AvgIpc) is 2.58. The third-order valence-corrected chi connectivity index (χ3v) is 3.63. The highest BCUT2D eigenvalue weighted by atomic mass is 19.1. The SMILES string of the molecule is CCCCCOc1nc(N)nc2ccc(-c3cccc(F)c3)nc12. The van der Waals surface area contributed by atoms with Gasteiger partial charge in [-0.05, 0) is 30.7 Å². The van der Waals surface area contributed by atoms with Crippen molar-refractivity contribution < 1.29 is 9.13 Å². The smallest absolute Gasteiger partial charge is 0.245 e. The lowest BCUT2D eigenvalue weighted by atomic mass is 10.1. The predicted octanol–water partition coefficient (Wildman–Crippen LogP) is 3.98. The molecule has 24 heavy (non-hydrogen) atoms. The zero-order valence-corrected chi connectivity index (χ0v) is 13.5. The maximum absolute atomic E-state index is 13.4. The average molecular weight is 326 g/mol. The molecule has 1 aromatic carbocycles. The lowest BCUT2D eigenvalue weighted by Crippen LogP contribution is -2.04. The van der Waals surface area contributed by atoms with Gasteiger partial charge in [0.1, 0.15) is 5.82 Å². The van der Waals surface area contributed by atoms with E-state index in [9.17, 15) is 4.39 Å². The Morgan fingerprint density at radius 2 is 1.96 bits per heavy atom. The standard InChI is InChI=1S/C18H19FN4O/c1-2-3-4-10-24-17-16-15(22-18(20)23-17)9-8-14(21-16)12-6-5-7-13(19)11-12/h5-9,11H,2-4,10H2,1H3,(H2,20,22,23). The largest absolute Gasteiger partial charge is 0.476 e. The number of anilines is 1. The molecule has 0 aliphatic carbocycles. The summed E-state index contributed by atoms with van der Waals surface area (Å²) in [5.41, 5.74) is 8.20. The van der Waals surface area contributed by atoms with Crippen LogP contribution in [0.15, 0.2) is 36.4 Å². The van der Waals surface area contributed by atoms with Gasteiger partial charge in [-0.1, -0.05) is 31.9 Å². The number of aromatic nitrogens is 3. The van der Waals surface area contributed by atoms with Crippen LogP contribution in [0.1, 0.15) is 26.2 Å². The number of nitrogen functional groups attached to an aromatic ring is 1. The van der Waals surface area contributed by atoms with E-state index in [-0.39, 0.29) is 11.8 Å². The predicted molar refractivity (Wildman–Crippen MR) is 92.2 cm³/mol. The molecule has 5 nitrogen and oxygen atoms in total. The Bertz CT molecular complexity index is 854. The molecule has 0 aliphatic rings. The molecule has 2 aromatic heterocycles. The zero-order chi connectivity index (χ0) is 16.9. The van der Waals surface area contributed by atoms with Crippen molar-refractivity contribution in [1.82, 2.24) is 15.0 Å². The van der Waals surface area contributed by atoms with Gasteiger partial charge in [-0.3, -0.25) is 0 Å². The van der Waals surface area contributed by atoms with E-state index in [1.54, 1.807) is 24.3 Å². The molecule has 6 heteroatoms. The second-order valence-electron chi connectivity index (χ2n) is 5.52. The first-order valence-corrected chi connectivity index (χ1v) is 8.00. The summed E-state index contributed by atoms with van der Waals surface area (Å²) in [7, 11) is 0. The second kappa shape index (κ2) is 7.21. The van der Waals surface area contributed by atoms with Crippen molar-refractivity contribution in [2.45, 2.75) is 26.2 Å². The topological polar surface area (TPSA) is 73.9 Å². The lowest BCUT2D eigenvalue weighted by Gasteiger charge is -2.09. The second-order valence-corrected chi connectivity index (χ2v) is 5.52. The van der Waals surface area contributed by atoms with Crippen LogP contribution in [0.4, 0.5) is 10.3 Å². The Balaban J connectivity index is 1.99. The minimum absolute atomic E-state index is 0.147. The highest BCUT2D eigenvalue weighted by Crippen LogP contribution is 2.26. The molecule has 2 N–H and O–H groups in total. The number of hydrogen-bond acceptors (Lipinski definition) is 5. The van der Waals surface area contributed by atoms with Gasteiger partial charge in [0, 0.05) is 5.56 Å². The van der Waals surface area contributed by atoms with Crippen LogP contribution in [-0.4, -0.2) is 21.6 Å². The fourth-order valence-corrected chi connectivity index (χ4v) is 2.43. The number of nitrogens with two attached hydrogens (primary N) is 1. The van der Waals surface area contributed by atoms with Crippen LogP contribution in [-0.2, 0) is 0 Å². The van der Waals surface area contributed by atoms with Crippen LogP contribution in [0.3, 0.4) is 0 Å². The fraction of sp³-hybridized carbons (Fsp3) is 0.278. The Labute approximate surface area is 139 Å². The molecular formula is C18H19FN4O. The molecule has 0 saturated carbocycles. The van der Waals surface area contributed by atoms with Gasteiger partial charge < -0.3 is 10.5 Å². The van der Waals surface area contributed by atoms with Crippen LogP contribution < -0.4 is 10.5 Å². The zero-order valence-electron chi connectivity index (χ0n) is 13.5. The first kappa shape index (κ1) is 16.1. The van der Waals surface area contributed by atoms with Crippen molar-refractivity contribution in [2.24, 2.45) is 0 Å². The lowest BCUT2D eigenvalue weighted by molar-refractivity contribution is 0.298. The van der Waals surface area contributed by atoms with Crippen molar-refractivity contribution in [2.75, 3.05) is 12.3 Å². The number of benzene rings is 1. The summed E-state index contributed by atoms with van der Waals surface area (Å²) < 4.78 is 19.2. The first-order valence-electron chi connectivity index (χ1n) is 8.00. The molecule has 0 spiro atoms. The number of halogens is 1. The van der Waals surface area contributed by atoms with E-state index in [0.29, 0.717) is 34.8 Å². The van der Waals surface area contributed by atoms with Crippen molar-refractivity contribution >= 4 is 17.0 Å². The molecule has 0 aliphatic heterocycles. The maximum atomic E-state index is 13.4. The van der Waals surface area contributed by atoms with E-state index in [1.807, 2.05) is 0 Å². The Hall–Kier alpha value is -2.76. The summed E-state index contributed by atoms with van der Waals surface area (Å²) in [5.74, 6) is 0.208. The monoisotopic (exact) mass is 326 g/mol. The summed E-state index contributed by atoms with van der Waals surface area (Å²) in [6.45, 7) is 2.68. The van der Waals surface area contributed by atoms with E-state index < -0.39 is 0 Å². The Morgan fingerprint density at radius 1 is 1.08 bits per heavy atom. The van der Waals surface area contributed by atoms with Crippen LogP contribution >= 0.6 is 0 Å². The highest BCUT2D eigenvalue weighted by Gasteiger charge is 2.11. The van der Waals surface area contributed by atoms with Gasteiger partial charge in [-0.2, -0.15) is 4.98 Å². The van der Waals surface area contributed by atoms with Crippen molar-refractivity contribution in [3.05, 3.63) is 42.2 Å². The molecule has 0 bridgehead atoms. The van der Waals surface area contributed by atoms with Crippen LogP contribution in [0.2, 0.25) is 0 Å². The molecule has 0 saturated heterocycles. The van der Waals surface area contributed by atoms with Gasteiger partial charge in [-0.25, -0.2) is 14.4 Å². The van der Waals surface area contributed by atoms with E-state index in [4.69, 9.17) is 10.5 Å². The minimum Gasteiger partial charge on any atom is -0.476 e. The van der Waals surface area contributed by atoms with Gasteiger partial charge in [0.25, 0.3) is 0 Å². The normalized spacial score (nSPS) is 10.9. The molecule has 0 amide bonds. The summed E-state index contributed by atoms with van der Waals surface area (Å²) in [6.07, 6.45) is 3.13. The number of nitrogens with zero attached hydrogens (tertiary/aromatic N) is 3. The number of ether oxygens (including phenoxy) is 1. The molecule has 0 fully saturated rings. The highest BCUT2D eigenvalue weighted by molar-refractivity contribution is 5.83. The molecule has 3 rings (SSSR count). The van der Waals surface area contributed by atoms with Gasteiger partial charge in [-0.15, -0.1) is 0 Å². The summed E-state index contributed by atoms with van der Waals surface area (Å²) in [4.78, 5) is 12.9. The van der Waals surface area contributed by atoms with E-state index >= 15 is 0 Å². The van der Waals surface area contributed by atoms with E-state index in [1.165, 1.54) is 12.1 Å². The van der Waals surface area contributed by atoms with E-state index in [2.05, 4.69) is 21.9 Å².